The van der Waals surface area contributed by atoms with Gasteiger partial charge in [-0.2, -0.15) is 0 Å². The average molecular weight is 534 g/mol. The van der Waals surface area contributed by atoms with Crippen molar-refractivity contribution in [2.45, 2.75) is 6.92 Å². The molecule has 5 rings (SSSR count). The Kier molecular flexibility index (Phi) is 6.48. The molecule has 0 unspecified atom stereocenters. The van der Waals surface area contributed by atoms with Crippen LogP contribution in [0.4, 0.5) is 20.3 Å². The number of benzene rings is 2. The molecule has 0 aliphatic rings. The van der Waals surface area contributed by atoms with Gasteiger partial charge in [0.15, 0.2) is 11.6 Å². The zero-order valence-electron chi connectivity index (χ0n) is 19.7. The molecule has 3 heterocycles. The molecule has 38 heavy (non-hydrogen) atoms. The zero-order chi connectivity index (χ0) is 27.0. The molecule has 5 aromatic rings. The monoisotopic (exact) mass is 533 g/mol. The van der Waals surface area contributed by atoms with E-state index in [9.17, 15) is 18.4 Å². The van der Waals surface area contributed by atoms with Crippen molar-refractivity contribution in [1.82, 2.24) is 14.5 Å². The van der Waals surface area contributed by atoms with Crippen LogP contribution < -0.4 is 21.3 Å². The summed E-state index contributed by atoms with van der Waals surface area (Å²) < 4.78 is 35.4. The van der Waals surface area contributed by atoms with Gasteiger partial charge in [-0.1, -0.05) is 11.6 Å². The number of fused-ring (bicyclic) bond motifs is 1. The van der Waals surface area contributed by atoms with Gasteiger partial charge in [-0.3, -0.25) is 14.2 Å². The quantitative estimate of drug-likeness (QED) is 0.291. The number of anilines is 2. The molecule has 3 N–H and O–H groups in total. The molecule has 11 heteroatoms. The molecule has 0 atom stereocenters. The van der Waals surface area contributed by atoms with E-state index in [1.165, 1.54) is 59.4 Å². The van der Waals surface area contributed by atoms with Crippen molar-refractivity contribution in [2.75, 3.05) is 5.32 Å². The number of carbonyl (C=O) groups is 1. The fraction of sp³-hybridized carbons (Fsp3) is 0.0370. The van der Waals surface area contributed by atoms with Gasteiger partial charge < -0.3 is 15.8 Å². The lowest BCUT2D eigenvalue weighted by molar-refractivity contribution is 0.0995. The third-order valence-corrected chi connectivity index (χ3v) is 6.07. The van der Waals surface area contributed by atoms with Gasteiger partial charge in [-0.25, -0.2) is 18.7 Å². The molecule has 0 bridgehead atoms. The van der Waals surface area contributed by atoms with Crippen molar-refractivity contribution in [3.05, 3.63) is 111 Å². The first-order valence-corrected chi connectivity index (χ1v) is 11.6. The van der Waals surface area contributed by atoms with Crippen LogP contribution >= 0.6 is 11.6 Å². The lowest BCUT2D eigenvalue weighted by Gasteiger charge is -2.15. The maximum atomic E-state index is 15.0. The summed E-state index contributed by atoms with van der Waals surface area (Å²) in [5.41, 5.74) is 6.09. The van der Waals surface area contributed by atoms with Gasteiger partial charge in [0.05, 0.1) is 5.39 Å². The van der Waals surface area contributed by atoms with Crippen LogP contribution in [0.25, 0.3) is 16.5 Å². The smallest absolute Gasteiger partial charge is 0.268 e. The van der Waals surface area contributed by atoms with Crippen molar-refractivity contribution >= 4 is 39.8 Å². The van der Waals surface area contributed by atoms with Gasteiger partial charge in [0.2, 0.25) is 0 Å². The van der Waals surface area contributed by atoms with Crippen molar-refractivity contribution in [1.29, 1.82) is 0 Å². The lowest BCUT2D eigenvalue weighted by Crippen LogP contribution is -2.21. The molecule has 0 spiro atoms. The second kappa shape index (κ2) is 9.91. The Morgan fingerprint density at radius 1 is 1.00 bits per heavy atom. The van der Waals surface area contributed by atoms with Crippen LogP contribution in [0.1, 0.15) is 16.2 Å². The van der Waals surface area contributed by atoms with Crippen molar-refractivity contribution in [3.8, 4) is 17.2 Å². The molecule has 2 aromatic carbocycles. The summed E-state index contributed by atoms with van der Waals surface area (Å²) in [6, 6.07) is 14.5. The van der Waals surface area contributed by atoms with E-state index in [1.807, 2.05) is 6.07 Å². The molecule has 0 radical (unpaired) electrons. The highest BCUT2D eigenvalue weighted by Crippen LogP contribution is 2.33. The Morgan fingerprint density at radius 3 is 2.45 bits per heavy atom. The van der Waals surface area contributed by atoms with Gasteiger partial charge in [-0.15, -0.1) is 0 Å². The van der Waals surface area contributed by atoms with E-state index in [1.54, 1.807) is 13.0 Å². The second-order valence-electron chi connectivity index (χ2n) is 8.23. The predicted molar refractivity (Wildman–Crippen MR) is 140 cm³/mol. The van der Waals surface area contributed by atoms with E-state index in [0.29, 0.717) is 22.5 Å². The Morgan fingerprint density at radius 2 is 1.74 bits per heavy atom. The summed E-state index contributed by atoms with van der Waals surface area (Å²) in [7, 11) is 0. The number of nitrogens with one attached hydrogen (secondary N) is 1. The summed E-state index contributed by atoms with van der Waals surface area (Å²) in [5, 5.41) is 3.74. The van der Waals surface area contributed by atoms with E-state index < -0.39 is 17.5 Å². The van der Waals surface area contributed by atoms with Crippen LogP contribution in [-0.2, 0) is 0 Å². The highest BCUT2D eigenvalue weighted by atomic mass is 35.5. The maximum Gasteiger partial charge on any atom is 0.268 e. The van der Waals surface area contributed by atoms with E-state index in [2.05, 4.69) is 15.3 Å². The summed E-state index contributed by atoms with van der Waals surface area (Å²) >= 11 is 6.11. The van der Waals surface area contributed by atoms with Gasteiger partial charge in [-0.05, 0) is 60.8 Å². The molecule has 3 aromatic heterocycles. The zero-order valence-corrected chi connectivity index (χ0v) is 20.5. The van der Waals surface area contributed by atoms with Gasteiger partial charge in [0.1, 0.15) is 28.1 Å². The molecule has 190 valence electrons. The first-order chi connectivity index (χ1) is 18.2. The number of ether oxygens (including phenoxy) is 1. The Bertz CT molecular complexity index is 1770. The van der Waals surface area contributed by atoms with Crippen molar-refractivity contribution < 1.29 is 18.3 Å². The van der Waals surface area contributed by atoms with Crippen LogP contribution in [0.15, 0.2) is 77.9 Å². The first kappa shape index (κ1) is 24.8. The molecule has 0 saturated heterocycles. The molecular weight excluding hydrogens is 516 g/mol. The number of pyridine rings is 3. The maximum absolute atomic E-state index is 15.0. The highest BCUT2D eigenvalue weighted by molar-refractivity contribution is 6.34. The Balaban J connectivity index is 1.50. The van der Waals surface area contributed by atoms with E-state index >= 15 is 0 Å². The normalized spacial score (nSPS) is 10.9. The Hall–Kier alpha value is -4.83. The Labute approximate surface area is 219 Å². The number of halogens is 3. The van der Waals surface area contributed by atoms with Gasteiger partial charge >= 0.3 is 0 Å². The molecule has 1 amide bonds. The number of hydrogen-bond donors (Lipinski definition) is 2. The standard InChI is InChI=1S/C27H18ClF2N5O3/c1-14-12-15-8-10-33-26(22(15)27(37)35(14)18-5-2-16(29)3-6-18)34-17-4-7-20(19(30)13-17)38-21-9-11-32-24(23(21)28)25(31)36/h2-13H,1H3,(H2,31,36)(H,33,34). The molecule has 0 aliphatic carbocycles. The van der Waals surface area contributed by atoms with E-state index in [0.717, 1.165) is 6.07 Å². The molecular formula is C27H18ClF2N5O3. The third kappa shape index (κ3) is 4.64. The predicted octanol–water partition coefficient (Wildman–Crippen LogP) is 5.66. The molecule has 8 nitrogen and oxygen atoms in total. The summed E-state index contributed by atoms with van der Waals surface area (Å²) in [6.45, 7) is 1.77. The van der Waals surface area contributed by atoms with E-state index in [4.69, 9.17) is 22.1 Å². The third-order valence-electron chi connectivity index (χ3n) is 5.70. The number of amides is 1. The van der Waals surface area contributed by atoms with Crippen LogP contribution in [0.5, 0.6) is 11.5 Å². The minimum atomic E-state index is -0.850. The number of carbonyl (C=O) groups excluding carboxylic acids is 1. The lowest BCUT2D eigenvalue weighted by atomic mass is 10.1. The SMILES string of the molecule is Cc1cc2ccnc(Nc3ccc(Oc4ccnc(C(N)=O)c4Cl)c(F)c3)c2c(=O)n1-c1ccc(F)cc1. The van der Waals surface area contributed by atoms with Gasteiger partial charge in [0, 0.05) is 41.6 Å². The van der Waals surface area contributed by atoms with Crippen LogP contribution in [-0.4, -0.2) is 20.4 Å². The minimum absolute atomic E-state index is 0.00232. The number of hydrogen-bond acceptors (Lipinski definition) is 6. The van der Waals surface area contributed by atoms with Crippen molar-refractivity contribution in [3.63, 3.8) is 0 Å². The van der Waals surface area contributed by atoms with Crippen LogP contribution in [0.2, 0.25) is 5.02 Å². The average Bonchev–Trinajstić information content (AvgIpc) is 2.87. The van der Waals surface area contributed by atoms with Crippen molar-refractivity contribution in [2.24, 2.45) is 5.73 Å². The number of aromatic nitrogens is 3. The molecule has 0 fully saturated rings. The number of nitrogens with two attached hydrogens (primary N) is 1. The van der Waals surface area contributed by atoms with E-state index in [-0.39, 0.29) is 39.0 Å². The number of rotatable bonds is 6. The number of aryl methyl sites for hydroxylation is 1. The molecule has 0 saturated carbocycles. The second-order valence-corrected chi connectivity index (χ2v) is 8.61. The highest BCUT2D eigenvalue weighted by Gasteiger charge is 2.17. The van der Waals surface area contributed by atoms with Gasteiger partial charge in [0.25, 0.3) is 11.5 Å². The minimum Gasteiger partial charge on any atom is -0.453 e. The largest absolute Gasteiger partial charge is 0.453 e. The van der Waals surface area contributed by atoms with Crippen LogP contribution in [0.3, 0.4) is 0 Å². The number of nitrogens with zero attached hydrogens (tertiary/aromatic N) is 3. The first-order valence-electron chi connectivity index (χ1n) is 11.2. The number of primary amides is 1. The van der Waals surface area contributed by atoms with Crippen LogP contribution in [0, 0.1) is 18.6 Å². The summed E-state index contributed by atoms with van der Waals surface area (Å²) in [6.07, 6.45) is 2.79. The molecule has 0 aliphatic heterocycles. The topological polar surface area (TPSA) is 112 Å². The fourth-order valence-electron chi connectivity index (χ4n) is 3.98. The summed E-state index contributed by atoms with van der Waals surface area (Å²) in [4.78, 5) is 33.1. The summed E-state index contributed by atoms with van der Waals surface area (Å²) in [5.74, 6) is -1.97. The fourth-order valence-corrected chi connectivity index (χ4v) is 4.23.